The summed E-state index contributed by atoms with van der Waals surface area (Å²) in [6.45, 7) is 2.77. The Hall–Kier alpha value is -3.18. The second kappa shape index (κ2) is 9.15. The van der Waals surface area contributed by atoms with E-state index in [0.717, 1.165) is 16.7 Å². The molecule has 6 heteroatoms. The van der Waals surface area contributed by atoms with Crippen LogP contribution in [0.4, 0.5) is 0 Å². The van der Waals surface area contributed by atoms with Gasteiger partial charge in [0.15, 0.2) is 0 Å². The molecular weight excluding hydrogens is 374 g/mol. The molecule has 2 aromatic carbocycles. The summed E-state index contributed by atoms with van der Waals surface area (Å²) in [4.78, 5) is 28.8. The van der Waals surface area contributed by atoms with E-state index >= 15 is 0 Å². The maximum atomic E-state index is 12.4. The summed E-state index contributed by atoms with van der Waals surface area (Å²) in [5.74, 6) is -0.572. The van der Waals surface area contributed by atoms with E-state index in [9.17, 15) is 9.59 Å². The van der Waals surface area contributed by atoms with Crippen LogP contribution in [0.3, 0.4) is 0 Å². The number of amides is 2. The first-order valence-corrected chi connectivity index (χ1v) is 9.20. The fraction of sp³-hybridized carbons (Fsp3) is 0.136. The van der Waals surface area contributed by atoms with Gasteiger partial charge in [0.05, 0.1) is 11.1 Å². The summed E-state index contributed by atoms with van der Waals surface area (Å²) in [6.07, 6.45) is 2.89. The number of rotatable bonds is 6. The molecular formula is C22H20ClN3O2. The van der Waals surface area contributed by atoms with Crippen LogP contribution in [0.1, 0.15) is 37.4 Å². The van der Waals surface area contributed by atoms with Gasteiger partial charge in [-0.2, -0.15) is 0 Å². The van der Waals surface area contributed by atoms with E-state index in [-0.39, 0.29) is 11.8 Å². The zero-order chi connectivity index (χ0) is 19.9. The molecule has 0 atom stereocenters. The molecule has 2 N–H and O–H groups in total. The van der Waals surface area contributed by atoms with Gasteiger partial charge in [-0.1, -0.05) is 53.6 Å². The summed E-state index contributed by atoms with van der Waals surface area (Å²) in [7, 11) is 0. The molecule has 0 aliphatic heterocycles. The number of nitrogens with zero attached hydrogens (tertiary/aromatic N) is 1. The van der Waals surface area contributed by atoms with Crippen molar-refractivity contribution in [1.29, 1.82) is 0 Å². The van der Waals surface area contributed by atoms with Crippen molar-refractivity contribution >= 4 is 23.4 Å². The van der Waals surface area contributed by atoms with Crippen LogP contribution in [0.5, 0.6) is 0 Å². The Balaban J connectivity index is 1.59. The molecule has 1 aromatic heterocycles. The van der Waals surface area contributed by atoms with Crippen molar-refractivity contribution in [2.75, 3.05) is 0 Å². The van der Waals surface area contributed by atoms with E-state index in [4.69, 9.17) is 11.6 Å². The summed E-state index contributed by atoms with van der Waals surface area (Å²) < 4.78 is 0. The standard InChI is InChI=1S/C22H20ClN3O2/c1-15-3-2-4-17(9-15)12-26-22(28)19-10-18(13-24-14-19)21(27)25-11-16-5-7-20(23)8-6-16/h2-10,13-14H,11-12H2,1H3,(H,25,27)(H,26,28). The van der Waals surface area contributed by atoms with Gasteiger partial charge in [0, 0.05) is 30.5 Å². The normalized spacial score (nSPS) is 10.4. The molecule has 0 radical (unpaired) electrons. The highest BCUT2D eigenvalue weighted by atomic mass is 35.5. The first-order chi connectivity index (χ1) is 13.5. The highest BCUT2D eigenvalue weighted by molar-refractivity contribution is 6.30. The van der Waals surface area contributed by atoms with Crippen LogP contribution in [-0.4, -0.2) is 16.8 Å². The molecule has 28 heavy (non-hydrogen) atoms. The van der Waals surface area contributed by atoms with Gasteiger partial charge in [-0.3, -0.25) is 14.6 Å². The zero-order valence-electron chi connectivity index (χ0n) is 15.4. The number of hydrogen-bond acceptors (Lipinski definition) is 3. The number of nitrogens with one attached hydrogen (secondary N) is 2. The summed E-state index contributed by atoms with van der Waals surface area (Å²) in [5, 5.41) is 6.30. The van der Waals surface area contributed by atoms with Crippen LogP contribution in [0.25, 0.3) is 0 Å². The SMILES string of the molecule is Cc1cccc(CNC(=O)c2cncc(C(=O)NCc3ccc(Cl)cc3)c2)c1. The van der Waals surface area contributed by atoms with Crippen LogP contribution >= 0.6 is 11.6 Å². The molecule has 5 nitrogen and oxygen atoms in total. The fourth-order valence-corrected chi connectivity index (χ4v) is 2.81. The molecule has 0 unspecified atom stereocenters. The smallest absolute Gasteiger partial charge is 0.253 e. The zero-order valence-corrected chi connectivity index (χ0v) is 16.2. The highest BCUT2D eigenvalue weighted by Gasteiger charge is 2.11. The van der Waals surface area contributed by atoms with Gasteiger partial charge in [-0.05, 0) is 36.2 Å². The number of aryl methyl sites for hydroxylation is 1. The highest BCUT2D eigenvalue weighted by Crippen LogP contribution is 2.10. The number of carbonyl (C=O) groups excluding carboxylic acids is 2. The van der Waals surface area contributed by atoms with Gasteiger partial charge in [0.2, 0.25) is 0 Å². The fourth-order valence-electron chi connectivity index (χ4n) is 2.68. The van der Waals surface area contributed by atoms with E-state index in [1.165, 1.54) is 18.5 Å². The van der Waals surface area contributed by atoms with Crippen molar-refractivity contribution < 1.29 is 9.59 Å². The Kier molecular flexibility index (Phi) is 6.40. The molecule has 0 bridgehead atoms. The molecule has 1 heterocycles. The van der Waals surface area contributed by atoms with Crippen LogP contribution < -0.4 is 10.6 Å². The van der Waals surface area contributed by atoms with Crippen LogP contribution in [0, 0.1) is 6.92 Å². The Morgan fingerprint density at radius 2 is 1.46 bits per heavy atom. The molecule has 3 rings (SSSR count). The third kappa shape index (κ3) is 5.41. The Morgan fingerprint density at radius 1 is 0.857 bits per heavy atom. The Labute approximate surface area is 168 Å². The molecule has 0 fully saturated rings. The van der Waals surface area contributed by atoms with Crippen molar-refractivity contribution in [3.63, 3.8) is 0 Å². The minimum atomic E-state index is -0.296. The van der Waals surface area contributed by atoms with Crippen molar-refractivity contribution in [2.45, 2.75) is 20.0 Å². The maximum Gasteiger partial charge on any atom is 0.253 e. The van der Waals surface area contributed by atoms with Gasteiger partial charge in [-0.15, -0.1) is 0 Å². The first-order valence-electron chi connectivity index (χ1n) is 8.83. The molecule has 2 amide bonds. The largest absolute Gasteiger partial charge is 0.348 e. The summed E-state index contributed by atoms with van der Waals surface area (Å²) >= 11 is 5.86. The lowest BCUT2D eigenvalue weighted by atomic mass is 10.1. The molecule has 0 aliphatic carbocycles. The number of hydrogen-bond donors (Lipinski definition) is 2. The van der Waals surface area contributed by atoms with Gasteiger partial charge < -0.3 is 10.6 Å². The van der Waals surface area contributed by atoms with E-state index < -0.39 is 0 Å². The number of benzene rings is 2. The molecule has 0 aliphatic rings. The predicted molar refractivity (Wildman–Crippen MR) is 109 cm³/mol. The third-order valence-electron chi connectivity index (χ3n) is 4.16. The van der Waals surface area contributed by atoms with Crippen LogP contribution in [-0.2, 0) is 13.1 Å². The molecule has 142 valence electrons. The Bertz CT molecular complexity index is 987. The number of aromatic nitrogens is 1. The summed E-state index contributed by atoms with van der Waals surface area (Å²) in [5.41, 5.74) is 3.74. The average Bonchev–Trinajstić information content (AvgIpc) is 2.71. The first kappa shape index (κ1) is 19.6. The van der Waals surface area contributed by atoms with Crippen LogP contribution in [0.2, 0.25) is 5.02 Å². The average molecular weight is 394 g/mol. The minimum absolute atomic E-state index is 0.277. The lowest BCUT2D eigenvalue weighted by Crippen LogP contribution is -2.25. The van der Waals surface area contributed by atoms with Crippen LogP contribution in [0.15, 0.2) is 67.0 Å². The molecule has 0 saturated heterocycles. The maximum absolute atomic E-state index is 12.4. The van der Waals surface area contributed by atoms with Crippen molar-refractivity contribution in [3.8, 4) is 0 Å². The predicted octanol–water partition coefficient (Wildman–Crippen LogP) is 3.90. The Morgan fingerprint density at radius 3 is 2.07 bits per heavy atom. The van der Waals surface area contributed by atoms with Gasteiger partial charge in [-0.25, -0.2) is 0 Å². The second-order valence-corrected chi connectivity index (χ2v) is 6.88. The lowest BCUT2D eigenvalue weighted by molar-refractivity contribution is 0.0950. The van der Waals surface area contributed by atoms with Gasteiger partial charge >= 0.3 is 0 Å². The summed E-state index contributed by atoms with van der Waals surface area (Å²) in [6, 6.07) is 16.7. The third-order valence-corrected chi connectivity index (χ3v) is 4.42. The van der Waals surface area contributed by atoms with Crippen molar-refractivity contribution in [3.05, 3.63) is 99.8 Å². The van der Waals surface area contributed by atoms with E-state index in [2.05, 4.69) is 15.6 Å². The van der Waals surface area contributed by atoms with Gasteiger partial charge in [0.1, 0.15) is 0 Å². The van der Waals surface area contributed by atoms with E-state index in [1.54, 1.807) is 12.1 Å². The molecule has 0 spiro atoms. The lowest BCUT2D eigenvalue weighted by Gasteiger charge is -2.08. The number of carbonyl (C=O) groups is 2. The van der Waals surface area contributed by atoms with E-state index in [0.29, 0.717) is 29.2 Å². The second-order valence-electron chi connectivity index (χ2n) is 6.44. The van der Waals surface area contributed by atoms with Gasteiger partial charge in [0.25, 0.3) is 11.8 Å². The topological polar surface area (TPSA) is 71.1 Å². The molecule has 3 aromatic rings. The number of halogens is 1. The van der Waals surface area contributed by atoms with Crippen molar-refractivity contribution in [2.24, 2.45) is 0 Å². The minimum Gasteiger partial charge on any atom is -0.348 e. The van der Waals surface area contributed by atoms with Crippen molar-refractivity contribution in [1.82, 2.24) is 15.6 Å². The molecule has 0 saturated carbocycles. The quantitative estimate of drug-likeness (QED) is 0.667. The monoisotopic (exact) mass is 393 g/mol. The van der Waals surface area contributed by atoms with E-state index in [1.807, 2.05) is 43.3 Å². The number of pyridine rings is 1.